The van der Waals surface area contributed by atoms with Gasteiger partial charge in [0.1, 0.15) is 0 Å². The fourth-order valence-corrected chi connectivity index (χ4v) is 1.22. The summed E-state index contributed by atoms with van der Waals surface area (Å²) in [5.41, 5.74) is 0.324. The van der Waals surface area contributed by atoms with Crippen LogP contribution in [0, 0.1) is 5.92 Å². The van der Waals surface area contributed by atoms with Crippen LogP contribution in [0.2, 0.25) is 0 Å². The number of ether oxygens (including phenoxy) is 1. The van der Waals surface area contributed by atoms with Crippen molar-refractivity contribution in [2.24, 2.45) is 5.92 Å². The lowest BCUT2D eigenvalue weighted by Gasteiger charge is -2.15. The normalized spacial score (nSPS) is 11.6. The first-order valence-corrected chi connectivity index (χ1v) is 5.54. The van der Waals surface area contributed by atoms with E-state index in [-0.39, 0.29) is 12.1 Å². The number of esters is 1. The molecule has 106 valence electrons. The second kappa shape index (κ2) is 9.61. The van der Waals surface area contributed by atoms with E-state index in [0.717, 1.165) is 0 Å². The van der Waals surface area contributed by atoms with Crippen molar-refractivity contribution in [3.05, 3.63) is 12.2 Å². The predicted molar refractivity (Wildman–Crippen MR) is 68.3 cm³/mol. The molecule has 1 unspecified atom stereocenters. The largest absolute Gasteiger partial charge is 0.481 e. The van der Waals surface area contributed by atoms with E-state index < -0.39 is 17.9 Å². The molecule has 0 aliphatic carbocycles. The number of hydrogen-bond donors (Lipinski definition) is 1. The molecule has 3 N–H and O–H groups in total. The summed E-state index contributed by atoms with van der Waals surface area (Å²) in [5.74, 6) is -1.80. The second-order valence-electron chi connectivity index (χ2n) is 4.33. The smallest absolute Gasteiger partial charge is 0.333 e. The minimum Gasteiger partial charge on any atom is -0.481 e. The first-order valence-electron chi connectivity index (χ1n) is 5.54. The van der Waals surface area contributed by atoms with Crippen molar-refractivity contribution in [3.8, 4) is 0 Å². The molecule has 0 rings (SSSR count). The average molecular weight is 261 g/mol. The molecule has 0 aromatic rings. The third-order valence-electron chi connectivity index (χ3n) is 2.32. The van der Waals surface area contributed by atoms with Crippen molar-refractivity contribution in [2.45, 2.75) is 19.8 Å². The van der Waals surface area contributed by atoms with E-state index >= 15 is 0 Å². The van der Waals surface area contributed by atoms with Gasteiger partial charge in [-0.2, -0.15) is 0 Å². The second-order valence-corrected chi connectivity index (χ2v) is 4.33. The van der Waals surface area contributed by atoms with Gasteiger partial charge in [0, 0.05) is 5.57 Å². The fourth-order valence-electron chi connectivity index (χ4n) is 1.22. The summed E-state index contributed by atoms with van der Waals surface area (Å²) in [7, 11) is 3.78. The van der Waals surface area contributed by atoms with E-state index in [9.17, 15) is 9.59 Å². The van der Waals surface area contributed by atoms with Crippen LogP contribution in [0.1, 0.15) is 19.8 Å². The summed E-state index contributed by atoms with van der Waals surface area (Å²) in [4.78, 5) is 24.0. The average Bonchev–Trinajstić information content (AvgIpc) is 2.21. The van der Waals surface area contributed by atoms with E-state index in [2.05, 4.69) is 6.58 Å². The molecule has 0 fully saturated rings. The highest BCUT2D eigenvalue weighted by molar-refractivity contribution is 5.86. The quantitative estimate of drug-likeness (QED) is 0.501. The summed E-state index contributed by atoms with van der Waals surface area (Å²) >= 11 is 0. The van der Waals surface area contributed by atoms with E-state index in [1.165, 1.54) is 0 Å². The van der Waals surface area contributed by atoms with E-state index in [0.29, 0.717) is 25.0 Å². The van der Waals surface area contributed by atoms with Crippen LogP contribution in [0.15, 0.2) is 12.2 Å². The molecule has 6 nitrogen and oxygen atoms in total. The molecule has 0 heterocycles. The van der Waals surface area contributed by atoms with Crippen LogP contribution in [0.3, 0.4) is 0 Å². The van der Waals surface area contributed by atoms with E-state index in [4.69, 9.17) is 9.84 Å². The molecule has 0 bridgehead atoms. The monoisotopic (exact) mass is 261 g/mol. The Balaban J connectivity index is 0. The van der Waals surface area contributed by atoms with Gasteiger partial charge in [0.25, 0.3) is 0 Å². The highest BCUT2D eigenvalue weighted by Crippen LogP contribution is 2.10. The molecule has 18 heavy (non-hydrogen) atoms. The molecular weight excluding hydrogens is 238 g/mol. The molecule has 0 spiro atoms. The number of nitrogens with zero attached hydrogens (tertiary/aromatic N) is 1. The summed E-state index contributed by atoms with van der Waals surface area (Å²) in [6, 6.07) is 0. The Morgan fingerprint density at radius 2 is 1.89 bits per heavy atom. The van der Waals surface area contributed by atoms with Gasteiger partial charge in [0.2, 0.25) is 0 Å². The zero-order chi connectivity index (χ0) is 13.4. The topological polar surface area (TPSA) is 98.3 Å². The van der Waals surface area contributed by atoms with Gasteiger partial charge in [-0.3, -0.25) is 4.79 Å². The third-order valence-corrected chi connectivity index (χ3v) is 2.32. The van der Waals surface area contributed by atoms with Crippen LogP contribution < -0.4 is 0 Å². The molecule has 0 aromatic carbocycles. The third kappa shape index (κ3) is 8.72. The van der Waals surface area contributed by atoms with Crippen molar-refractivity contribution in [2.75, 3.05) is 27.2 Å². The van der Waals surface area contributed by atoms with Crippen LogP contribution in [-0.2, 0) is 14.3 Å². The van der Waals surface area contributed by atoms with Crippen molar-refractivity contribution < 1.29 is 24.9 Å². The van der Waals surface area contributed by atoms with Gasteiger partial charge >= 0.3 is 11.9 Å². The molecule has 0 amide bonds. The van der Waals surface area contributed by atoms with Gasteiger partial charge in [0.05, 0.1) is 12.5 Å². The van der Waals surface area contributed by atoms with Crippen molar-refractivity contribution in [1.29, 1.82) is 0 Å². The summed E-state index contributed by atoms with van der Waals surface area (Å²) in [6.45, 7) is 5.83. The number of hydrogen-bond acceptors (Lipinski definition) is 4. The molecule has 0 radical (unpaired) electrons. The van der Waals surface area contributed by atoms with E-state index in [1.807, 2.05) is 19.0 Å². The van der Waals surface area contributed by atoms with Gasteiger partial charge in [-0.15, -0.1) is 0 Å². The molecule has 0 aliphatic rings. The zero-order valence-corrected chi connectivity index (χ0v) is 11.2. The molecule has 0 aliphatic heterocycles. The Morgan fingerprint density at radius 1 is 1.33 bits per heavy atom. The number of aliphatic carboxylic acids is 1. The molecule has 0 saturated carbocycles. The van der Waals surface area contributed by atoms with Gasteiger partial charge in [-0.1, -0.05) is 6.58 Å². The maximum atomic E-state index is 11.1. The predicted octanol–water partition coefficient (Wildman–Crippen LogP) is 0.324. The summed E-state index contributed by atoms with van der Waals surface area (Å²) in [5, 5.41) is 8.98. The van der Waals surface area contributed by atoms with Crippen LogP contribution in [0.4, 0.5) is 0 Å². The molecule has 6 heteroatoms. The first-order chi connectivity index (χ1) is 7.84. The minimum absolute atomic E-state index is 0. The SMILES string of the molecule is C=C(C)C(=O)OCCC(CCN(C)C)C(=O)O.O. The summed E-state index contributed by atoms with van der Waals surface area (Å²) < 4.78 is 4.88. The van der Waals surface area contributed by atoms with Crippen LogP contribution >= 0.6 is 0 Å². The lowest BCUT2D eigenvalue weighted by molar-refractivity contribution is -0.145. The maximum Gasteiger partial charge on any atom is 0.333 e. The van der Waals surface area contributed by atoms with Crippen molar-refractivity contribution >= 4 is 11.9 Å². The van der Waals surface area contributed by atoms with Crippen molar-refractivity contribution in [3.63, 3.8) is 0 Å². The van der Waals surface area contributed by atoms with Crippen LogP contribution in [-0.4, -0.2) is 54.7 Å². The van der Waals surface area contributed by atoms with Gasteiger partial charge in [-0.25, -0.2) is 4.79 Å². The Labute approximate surface area is 108 Å². The number of carbonyl (C=O) groups excluding carboxylic acids is 1. The lowest BCUT2D eigenvalue weighted by atomic mass is 10.0. The van der Waals surface area contributed by atoms with Gasteiger partial charge in [-0.05, 0) is 40.4 Å². The number of rotatable bonds is 8. The van der Waals surface area contributed by atoms with Crippen LogP contribution in [0.25, 0.3) is 0 Å². The van der Waals surface area contributed by atoms with E-state index in [1.54, 1.807) is 6.92 Å². The van der Waals surface area contributed by atoms with Crippen LogP contribution in [0.5, 0.6) is 0 Å². The fraction of sp³-hybridized carbons (Fsp3) is 0.667. The highest BCUT2D eigenvalue weighted by Gasteiger charge is 2.18. The molecule has 0 saturated heterocycles. The standard InChI is InChI=1S/C12H21NO4.H2O/c1-9(2)12(16)17-8-6-10(11(14)15)5-7-13(3)4;/h10H,1,5-8H2,2-4H3,(H,14,15);1H2. The zero-order valence-electron chi connectivity index (χ0n) is 11.2. The lowest BCUT2D eigenvalue weighted by Crippen LogP contribution is -2.23. The Bertz CT molecular complexity index is 288. The maximum absolute atomic E-state index is 11.1. The van der Waals surface area contributed by atoms with Gasteiger partial charge < -0.3 is 20.2 Å². The summed E-state index contributed by atoms with van der Waals surface area (Å²) in [6.07, 6.45) is 0.884. The van der Waals surface area contributed by atoms with Crippen molar-refractivity contribution in [1.82, 2.24) is 4.90 Å². The minimum atomic E-state index is -0.849. The number of carboxylic acid groups (broad SMARTS) is 1. The molecule has 1 atom stereocenters. The molecule has 0 aromatic heterocycles. The number of carbonyl (C=O) groups is 2. The first kappa shape index (κ1) is 19.0. The van der Waals surface area contributed by atoms with Gasteiger partial charge in [0.15, 0.2) is 0 Å². The molecular formula is C12H23NO5. The number of carboxylic acids is 1. The highest BCUT2D eigenvalue weighted by atomic mass is 16.5. The Morgan fingerprint density at radius 3 is 2.28 bits per heavy atom. The Hall–Kier alpha value is -1.40. The Kier molecular flexibility index (Phi) is 10.1.